The Morgan fingerprint density at radius 3 is 2.62 bits per heavy atom. The molecule has 118 valence electrons. The molecule has 0 spiro atoms. The first kappa shape index (κ1) is 17.4. The predicted octanol–water partition coefficient (Wildman–Crippen LogP) is 0.833. The number of ether oxygens (including phenoxy) is 1. The van der Waals surface area contributed by atoms with Gasteiger partial charge in [0.25, 0.3) is 0 Å². The highest BCUT2D eigenvalue weighted by atomic mass is 32.2. The van der Waals surface area contributed by atoms with Crippen molar-refractivity contribution in [3.63, 3.8) is 0 Å². The fourth-order valence-electron chi connectivity index (χ4n) is 1.67. The molecule has 0 heterocycles. The van der Waals surface area contributed by atoms with Crippen molar-refractivity contribution in [1.29, 1.82) is 0 Å². The number of carboxylic acids is 1. The van der Waals surface area contributed by atoms with E-state index < -0.39 is 22.1 Å². The molecule has 0 aliphatic rings. The summed E-state index contributed by atoms with van der Waals surface area (Å²) in [5.74, 6) is -1.19. The average molecular weight is 317 g/mol. The maximum absolute atomic E-state index is 12.0. The second-order valence-electron chi connectivity index (χ2n) is 4.42. The highest BCUT2D eigenvalue weighted by Gasteiger charge is 2.19. The summed E-state index contributed by atoms with van der Waals surface area (Å²) >= 11 is 0. The molecule has 7 nitrogen and oxygen atoms in total. The Morgan fingerprint density at radius 1 is 1.43 bits per heavy atom. The van der Waals surface area contributed by atoms with Crippen LogP contribution in [0.5, 0.6) is 5.75 Å². The van der Waals surface area contributed by atoms with Crippen molar-refractivity contribution >= 4 is 16.0 Å². The van der Waals surface area contributed by atoms with Crippen LogP contribution in [-0.4, -0.2) is 44.4 Å². The van der Waals surface area contributed by atoms with Crippen LogP contribution in [0.1, 0.15) is 30.1 Å². The molecule has 3 N–H and O–H groups in total. The van der Waals surface area contributed by atoms with Crippen molar-refractivity contribution in [3.05, 3.63) is 23.8 Å². The molecule has 21 heavy (non-hydrogen) atoms. The van der Waals surface area contributed by atoms with Crippen molar-refractivity contribution in [2.75, 3.05) is 13.7 Å². The lowest BCUT2D eigenvalue weighted by Crippen LogP contribution is -2.27. The number of benzene rings is 1. The van der Waals surface area contributed by atoms with Gasteiger partial charge in [-0.05, 0) is 31.0 Å². The maximum Gasteiger partial charge on any atom is 0.339 e. The quantitative estimate of drug-likeness (QED) is 0.654. The van der Waals surface area contributed by atoms with Gasteiger partial charge in [0, 0.05) is 6.54 Å². The minimum Gasteiger partial charge on any atom is -0.496 e. The van der Waals surface area contributed by atoms with Crippen LogP contribution in [0.25, 0.3) is 0 Å². The molecule has 0 amide bonds. The Hall–Kier alpha value is -1.64. The van der Waals surface area contributed by atoms with E-state index in [2.05, 4.69) is 4.72 Å². The van der Waals surface area contributed by atoms with Crippen LogP contribution >= 0.6 is 0 Å². The molecule has 1 aromatic rings. The van der Waals surface area contributed by atoms with Gasteiger partial charge in [0.1, 0.15) is 11.3 Å². The van der Waals surface area contributed by atoms with Gasteiger partial charge in [-0.2, -0.15) is 0 Å². The van der Waals surface area contributed by atoms with E-state index >= 15 is 0 Å². The topological polar surface area (TPSA) is 113 Å². The summed E-state index contributed by atoms with van der Waals surface area (Å²) in [6, 6.07) is 3.60. The summed E-state index contributed by atoms with van der Waals surface area (Å²) < 4.78 is 31.3. The molecule has 0 fully saturated rings. The Labute approximate surface area is 123 Å². The number of nitrogens with one attached hydrogen (secondary N) is 1. The Kier molecular flexibility index (Phi) is 6.13. The molecule has 0 saturated heterocycles. The number of hydrogen-bond acceptors (Lipinski definition) is 5. The summed E-state index contributed by atoms with van der Waals surface area (Å²) in [6.45, 7) is 1.87. The van der Waals surface area contributed by atoms with Gasteiger partial charge in [0.05, 0.1) is 18.1 Å². The summed E-state index contributed by atoms with van der Waals surface area (Å²) in [5.41, 5.74) is -0.228. The van der Waals surface area contributed by atoms with Crippen molar-refractivity contribution in [3.8, 4) is 5.75 Å². The lowest BCUT2D eigenvalue weighted by molar-refractivity contribution is 0.0693. The average Bonchev–Trinajstić information content (AvgIpc) is 2.45. The first-order chi connectivity index (χ1) is 9.81. The number of carboxylic acid groups (broad SMARTS) is 1. The predicted molar refractivity (Wildman–Crippen MR) is 76.1 cm³/mol. The largest absolute Gasteiger partial charge is 0.496 e. The van der Waals surface area contributed by atoms with E-state index in [1.807, 2.05) is 0 Å². The number of sulfonamides is 1. The van der Waals surface area contributed by atoms with E-state index in [0.29, 0.717) is 6.42 Å². The monoisotopic (exact) mass is 317 g/mol. The van der Waals surface area contributed by atoms with Crippen LogP contribution < -0.4 is 9.46 Å². The van der Waals surface area contributed by atoms with E-state index in [-0.39, 0.29) is 29.2 Å². The third kappa shape index (κ3) is 4.69. The normalized spacial score (nSPS) is 12.9. The van der Waals surface area contributed by atoms with Crippen LogP contribution in [-0.2, 0) is 10.0 Å². The van der Waals surface area contributed by atoms with Crippen LogP contribution in [0.2, 0.25) is 0 Å². The standard InChI is InChI=1S/C13H19NO6S/c1-3-9(15)6-7-14-21(18,19)10-4-5-12(20-2)11(8-10)13(16)17/h4-5,8-9,14-15H,3,6-7H2,1-2H3,(H,16,17). The molecule has 0 bridgehead atoms. The number of rotatable bonds is 8. The SMILES string of the molecule is CCC(O)CCNS(=O)(=O)c1ccc(OC)c(C(=O)O)c1. The highest BCUT2D eigenvalue weighted by Crippen LogP contribution is 2.22. The van der Waals surface area contributed by atoms with E-state index in [1.165, 1.54) is 19.2 Å². The fraction of sp³-hybridized carbons (Fsp3) is 0.462. The van der Waals surface area contributed by atoms with Crippen LogP contribution in [0.4, 0.5) is 0 Å². The van der Waals surface area contributed by atoms with Gasteiger partial charge < -0.3 is 14.9 Å². The minimum absolute atomic E-state index is 0.0752. The first-order valence-corrected chi connectivity index (χ1v) is 7.89. The number of hydrogen-bond donors (Lipinski definition) is 3. The van der Waals surface area contributed by atoms with E-state index in [4.69, 9.17) is 9.84 Å². The molecule has 1 rings (SSSR count). The molecule has 0 aliphatic heterocycles. The molecule has 1 atom stereocenters. The number of carbonyl (C=O) groups is 1. The number of methoxy groups -OCH3 is 1. The fourth-order valence-corrected chi connectivity index (χ4v) is 2.74. The van der Waals surface area contributed by atoms with Crippen molar-refractivity contribution < 1.29 is 28.2 Å². The lowest BCUT2D eigenvalue weighted by atomic mass is 10.2. The summed E-state index contributed by atoms with van der Waals surface area (Å²) in [4.78, 5) is 10.9. The number of aliphatic hydroxyl groups is 1. The van der Waals surface area contributed by atoms with Gasteiger partial charge in [-0.1, -0.05) is 6.92 Å². The van der Waals surface area contributed by atoms with Crippen molar-refractivity contribution in [2.45, 2.75) is 30.8 Å². The van der Waals surface area contributed by atoms with Gasteiger partial charge in [0.2, 0.25) is 10.0 Å². The Morgan fingerprint density at radius 2 is 2.10 bits per heavy atom. The van der Waals surface area contributed by atoms with Crippen molar-refractivity contribution in [2.24, 2.45) is 0 Å². The summed E-state index contributed by atoms with van der Waals surface area (Å²) in [6.07, 6.45) is 0.253. The summed E-state index contributed by atoms with van der Waals surface area (Å²) in [7, 11) is -2.52. The van der Waals surface area contributed by atoms with E-state index in [1.54, 1.807) is 6.92 Å². The zero-order chi connectivity index (χ0) is 16.0. The zero-order valence-corrected chi connectivity index (χ0v) is 12.7. The summed E-state index contributed by atoms with van der Waals surface area (Å²) in [5, 5.41) is 18.4. The number of aliphatic hydroxyl groups excluding tert-OH is 1. The molecule has 0 aromatic heterocycles. The molecular weight excluding hydrogens is 298 g/mol. The Bertz CT molecular complexity index is 599. The lowest BCUT2D eigenvalue weighted by Gasteiger charge is -2.11. The van der Waals surface area contributed by atoms with Gasteiger partial charge in [-0.25, -0.2) is 17.9 Å². The number of aromatic carboxylic acids is 1. The molecule has 8 heteroatoms. The molecule has 0 radical (unpaired) electrons. The van der Waals surface area contributed by atoms with E-state index in [9.17, 15) is 18.3 Å². The van der Waals surface area contributed by atoms with Gasteiger partial charge in [0.15, 0.2) is 0 Å². The third-order valence-corrected chi connectivity index (χ3v) is 4.41. The molecule has 0 saturated carbocycles. The van der Waals surface area contributed by atoms with Crippen LogP contribution in [0.3, 0.4) is 0 Å². The third-order valence-electron chi connectivity index (χ3n) is 2.95. The molecule has 0 aliphatic carbocycles. The molecular formula is C13H19NO6S. The smallest absolute Gasteiger partial charge is 0.339 e. The van der Waals surface area contributed by atoms with Crippen LogP contribution in [0, 0.1) is 0 Å². The van der Waals surface area contributed by atoms with Gasteiger partial charge in [-0.15, -0.1) is 0 Å². The molecule has 1 aromatic carbocycles. The highest BCUT2D eigenvalue weighted by molar-refractivity contribution is 7.89. The zero-order valence-electron chi connectivity index (χ0n) is 11.9. The first-order valence-electron chi connectivity index (χ1n) is 6.41. The van der Waals surface area contributed by atoms with Gasteiger partial charge in [-0.3, -0.25) is 0 Å². The van der Waals surface area contributed by atoms with Crippen LogP contribution in [0.15, 0.2) is 23.1 Å². The van der Waals surface area contributed by atoms with E-state index in [0.717, 1.165) is 6.07 Å². The minimum atomic E-state index is -3.83. The van der Waals surface area contributed by atoms with Crippen molar-refractivity contribution in [1.82, 2.24) is 4.72 Å². The molecule has 1 unspecified atom stereocenters. The second kappa shape index (κ2) is 7.39. The second-order valence-corrected chi connectivity index (χ2v) is 6.18. The maximum atomic E-state index is 12.0. The Balaban J connectivity index is 2.93. The van der Waals surface area contributed by atoms with Gasteiger partial charge >= 0.3 is 5.97 Å².